The molecule has 1 aromatic rings. The summed E-state index contributed by atoms with van der Waals surface area (Å²) in [6.45, 7) is 3.41. The third kappa shape index (κ3) is 2.83. The standard InChI is InChI=1S/C13H16FIN2O/c1-8-7-17(5-4-12(8)16)13(18)10-3-2-9(14)6-11(10)15/h2-3,6,8,12H,4-5,7,16H2,1H3. The molecular formula is C13H16FIN2O. The number of nitrogens with two attached hydrogens (primary N) is 1. The van der Waals surface area contributed by atoms with E-state index in [9.17, 15) is 9.18 Å². The van der Waals surface area contributed by atoms with Gasteiger partial charge in [0.2, 0.25) is 0 Å². The van der Waals surface area contributed by atoms with Gasteiger partial charge in [0.25, 0.3) is 5.91 Å². The maximum atomic E-state index is 13.0. The topological polar surface area (TPSA) is 46.3 Å². The highest BCUT2D eigenvalue weighted by Crippen LogP contribution is 2.20. The molecule has 0 spiro atoms. The number of carbonyl (C=O) groups is 1. The molecule has 0 saturated carbocycles. The van der Waals surface area contributed by atoms with E-state index in [1.54, 1.807) is 6.07 Å². The van der Waals surface area contributed by atoms with Gasteiger partial charge in [-0.3, -0.25) is 4.79 Å². The summed E-state index contributed by atoms with van der Waals surface area (Å²) in [7, 11) is 0. The van der Waals surface area contributed by atoms with Crippen molar-refractivity contribution in [3.05, 3.63) is 33.1 Å². The van der Waals surface area contributed by atoms with Crippen LogP contribution in [-0.4, -0.2) is 29.9 Å². The number of likely N-dealkylation sites (tertiary alicyclic amines) is 1. The SMILES string of the molecule is CC1CN(C(=O)c2ccc(F)cc2I)CCC1N. The van der Waals surface area contributed by atoms with Gasteiger partial charge in [-0.25, -0.2) is 4.39 Å². The Labute approximate surface area is 120 Å². The van der Waals surface area contributed by atoms with Crippen molar-refractivity contribution in [3.63, 3.8) is 0 Å². The van der Waals surface area contributed by atoms with Crippen LogP contribution in [0.2, 0.25) is 0 Å². The Morgan fingerprint density at radius 3 is 2.89 bits per heavy atom. The monoisotopic (exact) mass is 362 g/mol. The molecule has 1 aromatic carbocycles. The van der Waals surface area contributed by atoms with Gasteiger partial charge in [0, 0.05) is 22.7 Å². The van der Waals surface area contributed by atoms with Gasteiger partial charge in [-0.2, -0.15) is 0 Å². The van der Waals surface area contributed by atoms with E-state index in [1.165, 1.54) is 12.1 Å². The second-order valence-corrected chi connectivity index (χ2v) is 5.97. The van der Waals surface area contributed by atoms with Crippen LogP contribution in [0.25, 0.3) is 0 Å². The summed E-state index contributed by atoms with van der Waals surface area (Å²) in [6.07, 6.45) is 0.824. The van der Waals surface area contributed by atoms with Gasteiger partial charge < -0.3 is 10.6 Å². The molecule has 0 aliphatic carbocycles. The Hall–Kier alpha value is -0.690. The lowest BCUT2D eigenvalue weighted by atomic mass is 9.94. The van der Waals surface area contributed by atoms with Crippen LogP contribution in [0, 0.1) is 15.3 Å². The first-order valence-corrected chi connectivity index (χ1v) is 7.07. The minimum Gasteiger partial charge on any atom is -0.338 e. The van der Waals surface area contributed by atoms with Gasteiger partial charge in [0.1, 0.15) is 5.82 Å². The molecule has 2 unspecified atom stereocenters. The Balaban J connectivity index is 2.16. The molecule has 1 aliphatic rings. The number of halogens is 2. The summed E-state index contributed by atoms with van der Waals surface area (Å²) in [6, 6.07) is 4.43. The number of nitrogens with zero attached hydrogens (tertiary/aromatic N) is 1. The van der Waals surface area contributed by atoms with Crippen molar-refractivity contribution >= 4 is 28.5 Å². The smallest absolute Gasteiger partial charge is 0.254 e. The molecule has 0 bridgehead atoms. The van der Waals surface area contributed by atoms with Gasteiger partial charge in [0.05, 0.1) is 5.56 Å². The average molecular weight is 362 g/mol. The molecule has 0 radical (unpaired) electrons. The highest BCUT2D eigenvalue weighted by molar-refractivity contribution is 14.1. The van der Waals surface area contributed by atoms with Crippen molar-refractivity contribution in [3.8, 4) is 0 Å². The Kier molecular flexibility index (Phi) is 4.21. The number of carbonyl (C=O) groups excluding carboxylic acids is 1. The normalized spacial score (nSPS) is 24.1. The Bertz CT molecular complexity index is 466. The third-order valence-corrected chi connectivity index (χ3v) is 4.31. The summed E-state index contributed by atoms with van der Waals surface area (Å²) in [5.74, 6) is -0.0380. The van der Waals surface area contributed by atoms with Gasteiger partial charge >= 0.3 is 0 Å². The maximum absolute atomic E-state index is 13.0. The van der Waals surface area contributed by atoms with Crippen LogP contribution in [0.15, 0.2) is 18.2 Å². The van der Waals surface area contributed by atoms with Crippen LogP contribution in [-0.2, 0) is 0 Å². The summed E-state index contributed by atoms with van der Waals surface area (Å²) in [5.41, 5.74) is 6.51. The number of piperidine rings is 1. The number of amides is 1. The largest absolute Gasteiger partial charge is 0.338 e. The van der Waals surface area contributed by atoms with Crippen LogP contribution in [0.3, 0.4) is 0 Å². The van der Waals surface area contributed by atoms with Crippen LogP contribution < -0.4 is 5.73 Å². The molecule has 2 N–H and O–H groups in total. The van der Waals surface area contributed by atoms with Crippen LogP contribution in [0.4, 0.5) is 4.39 Å². The number of hydrogen-bond acceptors (Lipinski definition) is 2. The summed E-state index contributed by atoms with van der Waals surface area (Å²) < 4.78 is 13.7. The van der Waals surface area contributed by atoms with E-state index in [-0.39, 0.29) is 17.8 Å². The van der Waals surface area contributed by atoms with Crippen molar-refractivity contribution in [1.29, 1.82) is 0 Å². The van der Waals surface area contributed by atoms with Gasteiger partial charge in [0.15, 0.2) is 0 Å². The fourth-order valence-corrected chi connectivity index (χ4v) is 2.89. The van der Waals surface area contributed by atoms with Crippen molar-refractivity contribution in [2.75, 3.05) is 13.1 Å². The first kappa shape index (κ1) is 13.7. The van der Waals surface area contributed by atoms with Crippen molar-refractivity contribution in [1.82, 2.24) is 4.90 Å². The quantitative estimate of drug-likeness (QED) is 0.779. The highest BCUT2D eigenvalue weighted by atomic mass is 127. The molecule has 2 atom stereocenters. The van der Waals surface area contributed by atoms with Crippen LogP contribution in [0.1, 0.15) is 23.7 Å². The maximum Gasteiger partial charge on any atom is 0.254 e. The molecule has 1 amide bonds. The fraction of sp³-hybridized carbons (Fsp3) is 0.462. The van der Waals surface area contributed by atoms with Crippen molar-refractivity contribution < 1.29 is 9.18 Å². The predicted molar refractivity (Wildman–Crippen MR) is 76.8 cm³/mol. The van der Waals surface area contributed by atoms with E-state index in [1.807, 2.05) is 27.5 Å². The molecule has 1 heterocycles. The molecule has 98 valence electrons. The Morgan fingerprint density at radius 2 is 2.28 bits per heavy atom. The average Bonchev–Trinajstić information content (AvgIpc) is 2.32. The molecule has 18 heavy (non-hydrogen) atoms. The molecule has 1 fully saturated rings. The molecule has 2 rings (SSSR count). The first-order valence-electron chi connectivity index (χ1n) is 5.99. The van der Waals surface area contributed by atoms with Crippen LogP contribution >= 0.6 is 22.6 Å². The minimum atomic E-state index is -0.315. The van der Waals surface area contributed by atoms with E-state index in [0.717, 1.165) is 6.42 Å². The number of benzene rings is 1. The zero-order valence-corrected chi connectivity index (χ0v) is 12.4. The van der Waals surface area contributed by atoms with Crippen LogP contribution in [0.5, 0.6) is 0 Å². The predicted octanol–water partition coefficient (Wildman–Crippen LogP) is 2.24. The zero-order valence-electron chi connectivity index (χ0n) is 10.2. The van der Waals surface area contributed by atoms with Crippen molar-refractivity contribution in [2.45, 2.75) is 19.4 Å². The summed E-state index contributed by atoms with van der Waals surface area (Å²) in [5, 5.41) is 0. The van der Waals surface area contributed by atoms with Crippen molar-refractivity contribution in [2.24, 2.45) is 11.7 Å². The second-order valence-electron chi connectivity index (χ2n) is 4.81. The lowest BCUT2D eigenvalue weighted by molar-refractivity contribution is 0.0663. The number of rotatable bonds is 1. The highest BCUT2D eigenvalue weighted by Gasteiger charge is 2.27. The molecular weight excluding hydrogens is 346 g/mol. The van der Waals surface area contributed by atoms with E-state index in [0.29, 0.717) is 28.1 Å². The molecule has 3 nitrogen and oxygen atoms in total. The first-order chi connectivity index (χ1) is 8.49. The van der Waals surface area contributed by atoms with Gasteiger partial charge in [-0.05, 0) is 53.1 Å². The third-order valence-electron chi connectivity index (χ3n) is 3.42. The lowest BCUT2D eigenvalue weighted by Crippen LogP contribution is -2.48. The summed E-state index contributed by atoms with van der Waals surface area (Å²) in [4.78, 5) is 14.2. The van der Waals surface area contributed by atoms with E-state index in [2.05, 4.69) is 6.92 Å². The Morgan fingerprint density at radius 1 is 1.56 bits per heavy atom. The molecule has 0 aromatic heterocycles. The molecule has 1 aliphatic heterocycles. The minimum absolute atomic E-state index is 0.0295. The van der Waals surface area contributed by atoms with Gasteiger partial charge in [-0.15, -0.1) is 0 Å². The molecule has 5 heteroatoms. The van der Waals surface area contributed by atoms with E-state index >= 15 is 0 Å². The zero-order chi connectivity index (χ0) is 13.3. The lowest BCUT2D eigenvalue weighted by Gasteiger charge is -2.35. The summed E-state index contributed by atoms with van der Waals surface area (Å²) >= 11 is 1.99. The second kappa shape index (κ2) is 5.52. The number of hydrogen-bond donors (Lipinski definition) is 1. The molecule has 1 saturated heterocycles. The van der Waals surface area contributed by atoms with E-state index < -0.39 is 0 Å². The van der Waals surface area contributed by atoms with E-state index in [4.69, 9.17) is 5.73 Å². The fourth-order valence-electron chi connectivity index (χ4n) is 2.18. The van der Waals surface area contributed by atoms with Gasteiger partial charge in [-0.1, -0.05) is 6.92 Å².